The number of halogens is 1. The summed E-state index contributed by atoms with van der Waals surface area (Å²) >= 11 is 3.21. The minimum Gasteiger partial charge on any atom is -0.356 e. The number of hydrogen-bond acceptors (Lipinski definition) is 2. The lowest BCUT2D eigenvalue weighted by Crippen LogP contribution is -2.24. The summed E-state index contributed by atoms with van der Waals surface area (Å²) in [7, 11) is 0. The second kappa shape index (κ2) is 6.59. The monoisotopic (exact) mass is 259 g/mol. The molecule has 14 heavy (non-hydrogen) atoms. The summed E-state index contributed by atoms with van der Waals surface area (Å²) in [5.74, 6) is 1.07. The molecule has 0 bridgehead atoms. The minimum absolute atomic E-state index is 0.0984. The molecule has 0 aliphatic carbocycles. The van der Waals surface area contributed by atoms with Gasteiger partial charge in [-0.1, -0.05) is 15.9 Å². The Morgan fingerprint density at radius 3 is 3.14 bits per heavy atom. The summed E-state index contributed by atoms with van der Waals surface area (Å²) < 4.78 is 0. The van der Waals surface area contributed by atoms with Crippen LogP contribution in [-0.4, -0.2) is 27.7 Å². The molecule has 4 nitrogen and oxygen atoms in total. The number of aryl methyl sites for hydroxylation is 1. The van der Waals surface area contributed by atoms with Crippen molar-refractivity contribution in [1.29, 1.82) is 0 Å². The first-order valence-corrected chi connectivity index (χ1v) is 5.76. The number of rotatable bonds is 6. The van der Waals surface area contributed by atoms with Gasteiger partial charge in [0.1, 0.15) is 5.82 Å². The van der Waals surface area contributed by atoms with Crippen LogP contribution >= 0.6 is 15.9 Å². The third-order valence-corrected chi connectivity index (χ3v) is 2.19. The molecular formula is C9H14BrN3O. The molecule has 0 radical (unpaired) electrons. The van der Waals surface area contributed by atoms with Crippen LogP contribution in [0.25, 0.3) is 0 Å². The Labute approximate surface area is 91.6 Å². The van der Waals surface area contributed by atoms with Gasteiger partial charge in [0.25, 0.3) is 0 Å². The van der Waals surface area contributed by atoms with Crippen LogP contribution in [0.1, 0.15) is 18.7 Å². The fourth-order valence-corrected chi connectivity index (χ4v) is 1.45. The SMILES string of the molecule is O=C(CCBr)NCCCc1ncc[nH]1. The second-order valence-electron chi connectivity index (χ2n) is 2.93. The number of carbonyl (C=O) groups excluding carboxylic acids is 1. The van der Waals surface area contributed by atoms with Gasteiger partial charge in [-0.15, -0.1) is 0 Å². The molecule has 0 fully saturated rings. The summed E-state index contributed by atoms with van der Waals surface area (Å²) in [6, 6.07) is 0. The molecule has 0 atom stereocenters. The lowest BCUT2D eigenvalue weighted by molar-refractivity contribution is -0.120. The Kier molecular flexibility index (Phi) is 5.29. The van der Waals surface area contributed by atoms with E-state index in [1.165, 1.54) is 0 Å². The quantitative estimate of drug-likeness (QED) is 0.597. The number of H-pyrrole nitrogens is 1. The van der Waals surface area contributed by atoms with Crippen LogP contribution in [0.15, 0.2) is 12.4 Å². The van der Waals surface area contributed by atoms with Crippen molar-refractivity contribution in [3.05, 3.63) is 18.2 Å². The third kappa shape index (κ3) is 4.41. The number of aromatic nitrogens is 2. The van der Waals surface area contributed by atoms with E-state index in [4.69, 9.17) is 0 Å². The van der Waals surface area contributed by atoms with Crippen molar-refractivity contribution < 1.29 is 4.79 Å². The maximum Gasteiger partial charge on any atom is 0.220 e. The van der Waals surface area contributed by atoms with Crippen molar-refractivity contribution in [2.24, 2.45) is 0 Å². The summed E-state index contributed by atoms with van der Waals surface area (Å²) in [6.45, 7) is 0.715. The molecule has 0 saturated heterocycles. The molecule has 1 aromatic heterocycles. The Morgan fingerprint density at radius 2 is 2.50 bits per heavy atom. The van der Waals surface area contributed by atoms with Crippen molar-refractivity contribution >= 4 is 21.8 Å². The van der Waals surface area contributed by atoms with Gasteiger partial charge in [-0.25, -0.2) is 4.98 Å². The highest BCUT2D eigenvalue weighted by Gasteiger charge is 1.99. The molecule has 0 unspecified atom stereocenters. The highest BCUT2D eigenvalue weighted by atomic mass is 79.9. The van der Waals surface area contributed by atoms with Gasteiger partial charge < -0.3 is 10.3 Å². The van der Waals surface area contributed by atoms with Gasteiger partial charge in [0, 0.05) is 37.1 Å². The molecule has 0 aromatic carbocycles. The molecule has 5 heteroatoms. The summed E-state index contributed by atoms with van der Waals surface area (Å²) in [5, 5.41) is 3.55. The highest BCUT2D eigenvalue weighted by Crippen LogP contribution is 1.94. The van der Waals surface area contributed by atoms with Gasteiger partial charge in [-0.2, -0.15) is 0 Å². The number of nitrogens with zero attached hydrogens (tertiary/aromatic N) is 1. The molecule has 0 aliphatic heterocycles. The van der Waals surface area contributed by atoms with E-state index in [1.807, 2.05) is 0 Å². The maximum atomic E-state index is 11.0. The van der Waals surface area contributed by atoms with Crippen LogP contribution < -0.4 is 5.32 Å². The molecular weight excluding hydrogens is 246 g/mol. The lowest BCUT2D eigenvalue weighted by Gasteiger charge is -2.02. The average molecular weight is 260 g/mol. The number of alkyl halides is 1. The Balaban J connectivity index is 2.02. The van der Waals surface area contributed by atoms with Gasteiger partial charge in [-0.05, 0) is 6.42 Å². The highest BCUT2D eigenvalue weighted by molar-refractivity contribution is 9.09. The Hall–Kier alpha value is -0.840. The van der Waals surface area contributed by atoms with Gasteiger partial charge in [0.05, 0.1) is 0 Å². The zero-order valence-electron chi connectivity index (χ0n) is 7.92. The maximum absolute atomic E-state index is 11.0. The lowest BCUT2D eigenvalue weighted by atomic mass is 10.3. The van der Waals surface area contributed by atoms with E-state index in [0.29, 0.717) is 13.0 Å². The Bertz CT molecular complexity index is 261. The number of carbonyl (C=O) groups is 1. The number of aromatic amines is 1. The first kappa shape index (κ1) is 11.2. The van der Waals surface area contributed by atoms with E-state index in [2.05, 4.69) is 31.2 Å². The Morgan fingerprint density at radius 1 is 1.64 bits per heavy atom. The molecule has 0 spiro atoms. The topological polar surface area (TPSA) is 57.8 Å². The van der Waals surface area contributed by atoms with E-state index >= 15 is 0 Å². The zero-order valence-corrected chi connectivity index (χ0v) is 9.51. The fraction of sp³-hybridized carbons (Fsp3) is 0.556. The predicted molar refractivity (Wildman–Crippen MR) is 58.3 cm³/mol. The number of hydrogen-bond donors (Lipinski definition) is 2. The van der Waals surface area contributed by atoms with Gasteiger partial charge in [0.15, 0.2) is 0 Å². The average Bonchev–Trinajstić information content (AvgIpc) is 2.65. The molecule has 1 heterocycles. The summed E-state index contributed by atoms with van der Waals surface area (Å²) in [6.07, 6.45) is 5.88. The third-order valence-electron chi connectivity index (χ3n) is 1.79. The normalized spacial score (nSPS) is 10.1. The van der Waals surface area contributed by atoms with E-state index in [-0.39, 0.29) is 5.91 Å². The van der Waals surface area contributed by atoms with Gasteiger partial charge >= 0.3 is 0 Å². The molecule has 0 saturated carbocycles. The van der Waals surface area contributed by atoms with E-state index in [0.717, 1.165) is 24.0 Å². The van der Waals surface area contributed by atoms with Crippen LogP contribution in [-0.2, 0) is 11.2 Å². The van der Waals surface area contributed by atoms with Crippen molar-refractivity contribution in [3.8, 4) is 0 Å². The van der Waals surface area contributed by atoms with Gasteiger partial charge in [0.2, 0.25) is 5.91 Å². The van der Waals surface area contributed by atoms with E-state index in [1.54, 1.807) is 12.4 Å². The van der Waals surface area contributed by atoms with Crippen LogP contribution in [0.4, 0.5) is 0 Å². The number of imidazole rings is 1. The van der Waals surface area contributed by atoms with E-state index < -0.39 is 0 Å². The van der Waals surface area contributed by atoms with E-state index in [9.17, 15) is 4.79 Å². The molecule has 0 aliphatic rings. The molecule has 1 rings (SSSR count). The van der Waals surface area contributed by atoms with Gasteiger partial charge in [-0.3, -0.25) is 4.79 Å². The smallest absolute Gasteiger partial charge is 0.220 e. The summed E-state index contributed by atoms with van der Waals surface area (Å²) in [4.78, 5) is 18.2. The first-order valence-electron chi connectivity index (χ1n) is 4.64. The van der Waals surface area contributed by atoms with Crippen LogP contribution in [0, 0.1) is 0 Å². The fourth-order valence-electron chi connectivity index (χ4n) is 1.09. The minimum atomic E-state index is 0.0984. The zero-order chi connectivity index (χ0) is 10.2. The summed E-state index contributed by atoms with van der Waals surface area (Å²) in [5.41, 5.74) is 0. The molecule has 1 aromatic rings. The number of amides is 1. The molecule has 2 N–H and O–H groups in total. The largest absolute Gasteiger partial charge is 0.356 e. The molecule has 78 valence electrons. The first-order chi connectivity index (χ1) is 6.83. The van der Waals surface area contributed by atoms with Crippen LogP contribution in [0.5, 0.6) is 0 Å². The van der Waals surface area contributed by atoms with Crippen LogP contribution in [0.2, 0.25) is 0 Å². The number of nitrogens with one attached hydrogen (secondary N) is 2. The molecule has 1 amide bonds. The second-order valence-corrected chi connectivity index (χ2v) is 3.72. The predicted octanol–water partition coefficient (Wildman–Crippen LogP) is 1.24. The van der Waals surface area contributed by atoms with Crippen LogP contribution in [0.3, 0.4) is 0 Å². The van der Waals surface area contributed by atoms with Crippen molar-refractivity contribution in [3.63, 3.8) is 0 Å². The standard InChI is InChI=1S/C9H14BrN3O/c10-4-3-9(14)13-5-1-2-8-11-6-7-12-8/h6-7H,1-5H2,(H,11,12)(H,13,14). The van der Waals surface area contributed by atoms with Crippen molar-refractivity contribution in [2.45, 2.75) is 19.3 Å². The van der Waals surface area contributed by atoms with Crippen molar-refractivity contribution in [2.75, 3.05) is 11.9 Å². The van der Waals surface area contributed by atoms with Crippen molar-refractivity contribution in [1.82, 2.24) is 15.3 Å².